The molecular weight excluding hydrogens is 422 g/mol. The second kappa shape index (κ2) is 8.58. The maximum Gasteiger partial charge on any atom is 0.256 e. The van der Waals surface area contributed by atoms with Crippen LogP contribution in [0, 0.1) is 0 Å². The van der Waals surface area contributed by atoms with Crippen molar-refractivity contribution in [1.82, 2.24) is 4.98 Å². The summed E-state index contributed by atoms with van der Waals surface area (Å²) in [5.74, 6) is -0.307. The molecule has 0 saturated carbocycles. The lowest BCUT2D eigenvalue weighted by molar-refractivity contribution is 0.100. The van der Waals surface area contributed by atoms with Gasteiger partial charge in [0, 0.05) is 33.0 Å². The Kier molecular flexibility index (Phi) is 5.96. The molecule has 0 radical (unpaired) electrons. The topological polar surface area (TPSA) is 88.2 Å². The summed E-state index contributed by atoms with van der Waals surface area (Å²) in [6.45, 7) is 1.47. The number of hydrogen-bond acceptors (Lipinski definition) is 4. The summed E-state index contributed by atoms with van der Waals surface area (Å²) in [6, 6.07) is 16.4. The molecule has 6 nitrogen and oxygen atoms in total. The molecule has 0 aliphatic heterocycles. The van der Waals surface area contributed by atoms with Crippen LogP contribution in [0.1, 0.15) is 38.0 Å². The van der Waals surface area contributed by atoms with Crippen LogP contribution in [-0.4, -0.2) is 22.6 Å². The van der Waals surface area contributed by atoms with E-state index in [4.69, 9.17) is 0 Å². The van der Waals surface area contributed by atoms with E-state index in [-0.39, 0.29) is 17.6 Å². The summed E-state index contributed by atoms with van der Waals surface area (Å²) in [4.78, 5) is 40.2. The minimum absolute atomic E-state index is 0.0639. The highest BCUT2D eigenvalue weighted by Gasteiger charge is 2.11. The van der Waals surface area contributed by atoms with Crippen LogP contribution in [0.3, 0.4) is 0 Å². The van der Waals surface area contributed by atoms with E-state index < -0.39 is 0 Å². The number of amides is 2. The minimum Gasteiger partial charge on any atom is -0.322 e. The molecule has 0 aliphatic carbocycles. The molecule has 3 rings (SSSR count). The summed E-state index contributed by atoms with van der Waals surface area (Å²) < 4.78 is 0.812. The van der Waals surface area contributed by atoms with Crippen molar-refractivity contribution in [3.63, 3.8) is 0 Å². The maximum absolute atomic E-state index is 12.4. The lowest BCUT2D eigenvalue weighted by atomic mass is 10.1. The molecule has 0 aliphatic rings. The number of benzene rings is 2. The summed E-state index contributed by atoms with van der Waals surface area (Å²) in [5, 5.41) is 5.45. The van der Waals surface area contributed by atoms with E-state index in [2.05, 4.69) is 31.5 Å². The molecule has 140 valence electrons. The van der Waals surface area contributed by atoms with Gasteiger partial charge < -0.3 is 10.6 Å². The van der Waals surface area contributed by atoms with Gasteiger partial charge in [0.25, 0.3) is 11.8 Å². The van der Waals surface area contributed by atoms with Crippen LogP contribution < -0.4 is 10.6 Å². The molecule has 2 N–H and O–H groups in total. The highest BCUT2D eigenvalue weighted by Crippen LogP contribution is 2.16. The monoisotopic (exact) mass is 437 g/mol. The van der Waals surface area contributed by atoms with Gasteiger partial charge in [-0.2, -0.15) is 0 Å². The zero-order valence-electron chi connectivity index (χ0n) is 14.9. The highest BCUT2D eigenvalue weighted by molar-refractivity contribution is 9.10. The Morgan fingerprint density at radius 1 is 0.821 bits per heavy atom. The second-order valence-electron chi connectivity index (χ2n) is 5.98. The molecule has 0 atom stereocenters. The van der Waals surface area contributed by atoms with Gasteiger partial charge in [0.1, 0.15) is 5.82 Å². The van der Waals surface area contributed by atoms with Crippen molar-refractivity contribution in [2.45, 2.75) is 6.92 Å². The molecule has 1 aromatic heterocycles. The summed E-state index contributed by atoms with van der Waals surface area (Å²) in [5.41, 5.74) is 1.82. The molecule has 3 aromatic rings. The van der Waals surface area contributed by atoms with Crippen LogP contribution >= 0.6 is 15.9 Å². The van der Waals surface area contributed by atoms with Gasteiger partial charge in [-0.05, 0) is 65.3 Å². The van der Waals surface area contributed by atoms with Gasteiger partial charge in [-0.1, -0.05) is 18.2 Å². The Morgan fingerprint density at radius 2 is 1.50 bits per heavy atom. The van der Waals surface area contributed by atoms with Crippen molar-refractivity contribution in [3.05, 3.63) is 88.0 Å². The number of rotatable bonds is 5. The third-order valence-corrected chi connectivity index (χ3v) is 4.37. The number of anilines is 2. The number of carbonyl (C=O) groups excluding carboxylic acids is 3. The van der Waals surface area contributed by atoms with Gasteiger partial charge >= 0.3 is 0 Å². The first-order chi connectivity index (χ1) is 13.4. The summed E-state index contributed by atoms with van der Waals surface area (Å²) in [6.07, 6.45) is 1.59. The average molecular weight is 438 g/mol. The maximum atomic E-state index is 12.4. The molecule has 0 unspecified atom stereocenters. The van der Waals surface area contributed by atoms with Gasteiger partial charge in [-0.25, -0.2) is 4.98 Å². The SMILES string of the molecule is CC(=O)c1ccc(C(=O)Nc2cccc(C(=O)Nc3ccc(Br)cn3)c2)cc1. The standard InChI is InChI=1S/C21H16BrN3O3/c1-13(26)14-5-7-15(8-6-14)20(27)24-18-4-2-3-16(11-18)21(28)25-19-10-9-17(22)12-23-19/h2-12H,1H3,(H,24,27)(H,23,25,28). The fraction of sp³-hybridized carbons (Fsp3) is 0.0476. The quantitative estimate of drug-likeness (QED) is 0.572. The van der Waals surface area contributed by atoms with Crippen LogP contribution in [0.4, 0.5) is 11.5 Å². The van der Waals surface area contributed by atoms with Crippen molar-refractivity contribution in [2.24, 2.45) is 0 Å². The van der Waals surface area contributed by atoms with Gasteiger partial charge in [-0.3, -0.25) is 14.4 Å². The fourth-order valence-electron chi connectivity index (χ4n) is 2.44. The number of hydrogen-bond donors (Lipinski definition) is 2. The molecule has 0 saturated heterocycles. The van der Waals surface area contributed by atoms with Gasteiger partial charge in [0.2, 0.25) is 0 Å². The molecule has 0 fully saturated rings. The highest BCUT2D eigenvalue weighted by atomic mass is 79.9. The zero-order valence-corrected chi connectivity index (χ0v) is 16.5. The van der Waals surface area contributed by atoms with Crippen LogP contribution in [0.2, 0.25) is 0 Å². The van der Waals surface area contributed by atoms with Crippen molar-refractivity contribution in [2.75, 3.05) is 10.6 Å². The van der Waals surface area contributed by atoms with E-state index in [1.807, 2.05) is 0 Å². The molecule has 7 heteroatoms. The van der Waals surface area contributed by atoms with Crippen LogP contribution in [-0.2, 0) is 0 Å². The first-order valence-electron chi connectivity index (χ1n) is 8.38. The predicted molar refractivity (Wildman–Crippen MR) is 111 cm³/mol. The fourth-order valence-corrected chi connectivity index (χ4v) is 2.67. The lowest BCUT2D eigenvalue weighted by Crippen LogP contribution is -2.15. The number of aromatic nitrogens is 1. The van der Waals surface area contributed by atoms with Crippen LogP contribution in [0.15, 0.2) is 71.3 Å². The van der Waals surface area contributed by atoms with Crippen molar-refractivity contribution >= 4 is 45.0 Å². The van der Waals surface area contributed by atoms with Gasteiger partial charge in [0.15, 0.2) is 5.78 Å². The first kappa shape index (κ1) is 19.4. The van der Waals surface area contributed by atoms with E-state index in [9.17, 15) is 14.4 Å². The number of nitrogens with zero attached hydrogens (tertiary/aromatic N) is 1. The Balaban J connectivity index is 1.70. The Labute approximate surface area is 170 Å². The smallest absolute Gasteiger partial charge is 0.256 e. The Hall–Kier alpha value is -3.32. The van der Waals surface area contributed by atoms with Crippen LogP contribution in [0.25, 0.3) is 0 Å². The van der Waals surface area contributed by atoms with Crippen molar-refractivity contribution < 1.29 is 14.4 Å². The normalized spacial score (nSPS) is 10.2. The predicted octanol–water partition coefficient (Wildman–Crippen LogP) is 4.55. The zero-order chi connectivity index (χ0) is 20.1. The third kappa shape index (κ3) is 4.89. The summed E-state index contributed by atoms with van der Waals surface area (Å²) in [7, 11) is 0. The van der Waals surface area contributed by atoms with E-state index in [1.54, 1.807) is 66.9 Å². The third-order valence-electron chi connectivity index (χ3n) is 3.91. The number of carbonyl (C=O) groups is 3. The number of nitrogens with one attached hydrogen (secondary N) is 2. The van der Waals surface area contributed by atoms with E-state index in [0.717, 1.165) is 4.47 Å². The Bertz CT molecular complexity index is 1030. The van der Waals surface area contributed by atoms with Crippen LogP contribution in [0.5, 0.6) is 0 Å². The molecule has 2 aromatic carbocycles. The molecule has 0 bridgehead atoms. The van der Waals surface area contributed by atoms with Crippen molar-refractivity contribution in [1.29, 1.82) is 0 Å². The Morgan fingerprint density at radius 3 is 2.14 bits per heavy atom. The van der Waals surface area contributed by atoms with E-state index in [0.29, 0.717) is 28.2 Å². The molecule has 2 amide bonds. The average Bonchev–Trinajstić information content (AvgIpc) is 2.70. The van der Waals surface area contributed by atoms with Gasteiger partial charge in [0.05, 0.1) is 0 Å². The number of Topliss-reactive ketones (excluding diaryl/α,β-unsaturated/α-hetero) is 1. The summed E-state index contributed by atoms with van der Waals surface area (Å²) >= 11 is 3.29. The largest absolute Gasteiger partial charge is 0.322 e. The molecule has 0 spiro atoms. The van der Waals surface area contributed by atoms with Gasteiger partial charge in [-0.15, -0.1) is 0 Å². The first-order valence-corrected chi connectivity index (χ1v) is 9.17. The van der Waals surface area contributed by atoms with E-state index >= 15 is 0 Å². The number of ketones is 1. The second-order valence-corrected chi connectivity index (χ2v) is 6.90. The number of pyridine rings is 1. The van der Waals surface area contributed by atoms with E-state index in [1.165, 1.54) is 6.92 Å². The molecule has 28 heavy (non-hydrogen) atoms. The lowest BCUT2D eigenvalue weighted by Gasteiger charge is -2.08. The minimum atomic E-state index is -0.336. The van der Waals surface area contributed by atoms with Crippen molar-refractivity contribution in [3.8, 4) is 0 Å². The number of halogens is 1. The molecule has 1 heterocycles. The molecular formula is C21H16BrN3O3.